The van der Waals surface area contributed by atoms with Crippen LogP contribution >= 0.6 is 0 Å². The van der Waals surface area contributed by atoms with Crippen LogP contribution in [0.3, 0.4) is 0 Å². The second-order valence-electron chi connectivity index (χ2n) is 8.76. The topological polar surface area (TPSA) is 48.5 Å². The number of aromatic nitrogens is 1. The van der Waals surface area contributed by atoms with Crippen molar-refractivity contribution in [3.63, 3.8) is 0 Å². The van der Waals surface area contributed by atoms with Gasteiger partial charge in [-0.15, -0.1) is 0 Å². The summed E-state index contributed by atoms with van der Waals surface area (Å²) in [6, 6.07) is 18.9. The van der Waals surface area contributed by atoms with Gasteiger partial charge in [-0.3, -0.25) is 14.7 Å². The number of pyridine rings is 1. The first kappa shape index (κ1) is 20.0. The predicted molar refractivity (Wildman–Crippen MR) is 126 cm³/mol. The molecule has 1 aliphatic carbocycles. The van der Waals surface area contributed by atoms with Crippen LogP contribution in [0.5, 0.6) is 0 Å². The zero-order valence-corrected chi connectivity index (χ0v) is 18.0. The van der Waals surface area contributed by atoms with Crippen LogP contribution in [0, 0.1) is 5.92 Å². The van der Waals surface area contributed by atoms with Crippen LogP contribution in [0.25, 0.3) is 10.9 Å². The Kier molecular flexibility index (Phi) is 5.85. The minimum absolute atomic E-state index is 0.141. The number of para-hydroxylation sites is 1. The van der Waals surface area contributed by atoms with Gasteiger partial charge in [0.2, 0.25) is 5.91 Å². The van der Waals surface area contributed by atoms with Crippen molar-refractivity contribution in [2.24, 2.45) is 5.92 Å². The van der Waals surface area contributed by atoms with Crippen LogP contribution in [0.1, 0.15) is 31.2 Å². The highest BCUT2D eigenvalue weighted by Crippen LogP contribution is 2.35. The summed E-state index contributed by atoms with van der Waals surface area (Å²) in [5, 5.41) is 4.35. The Hall–Kier alpha value is -2.92. The Morgan fingerprint density at radius 1 is 0.935 bits per heavy atom. The molecule has 1 saturated carbocycles. The zero-order valence-electron chi connectivity index (χ0n) is 18.0. The van der Waals surface area contributed by atoms with Gasteiger partial charge in [0.25, 0.3) is 0 Å². The number of amides is 1. The van der Waals surface area contributed by atoms with E-state index in [1.54, 1.807) is 0 Å². The normalized spacial score (nSPS) is 17.9. The lowest BCUT2D eigenvalue weighted by molar-refractivity contribution is -0.119. The molecule has 5 nitrogen and oxygen atoms in total. The lowest BCUT2D eigenvalue weighted by Gasteiger charge is -2.37. The first-order chi connectivity index (χ1) is 15.3. The largest absolute Gasteiger partial charge is 0.367 e. The van der Waals surface area contributed by atoms with Crippen LogP contribution in [0.2, 0.25) is 0 Å². The molecule has 5 heteroatoms. The highest BCUT2D eigenvalue weighted by atomic mass is 16.1. The third-order valence-electron chi connectivity index (χ3n) is 6.67. The molecule has 2 aromatic carbocycles. The van der Waals surface area contributed by atoms with Gasteiger partial charge in [-0.05, 0) is 24.5 Å². The molecule has 0 unspecified atom stereocenters. The Bertz CT molecular complexity index is 1040. The SMILES string of the molecule is O=C(Nc1cnc2ccccc2c1N1CCN(Cc2ccccc2)CC1)C1CCCC1. The molecule has 0 bridgehead atoms. The van der Waals surface area contributed by atoms with E-state index in [0.29, 0.717) is 0 Å². The number of rotatable bonds is 5. The van der Waals surface area contributed by atoms with E-state index < -0.39 is 0 Å². The number of carbonyl (C=O) groups excluding carboxylic acids is 1. The van der Waals surface area contributed by atoms with Crippen LogP contribution in [0.4, 0.5) is 11.4 Å². The minimum atomic E-state index is 0.141. The smallest absolute Gasteiger partial charge is 0.227 e. The molecule has 2 heterocycles. The third kappa shape index (κ3) is 4.42. The summed E-state index contributed by atoms with van der Waals surface area (Å²) in [7, 11) is 0. The summed E-state index contributed by atoms with van der Waals surface area (Å²) in [6.07, 6.45) is 6.16. The number of anilines is 2. The monoisotopic (exact) mass is 414 g/mol. The minimum Gasteiger partial charge on any atom is -0.367 e. The molecule has 0 spiro atoms. The Labute approximate surface area is 184 Å². The number of benzene rings is 2. The predicted octanol–water partition coefficient (Wildman–Crippen LogP) is 4.69. The fourth-order valence-electron chi connectivity index (χ4n) is 4.95. The molecule has 1 amide bonds. The molecular weight excluding hydrogens is 384 g/mol. The van der Waals surface area contributed by atoms with E-state index >= 15 is 0 Å². The van der Waals surface area contributed by atoms with Crippen LogP contribution in [-0.4, -0.2) is 42.0 Å². The van der Waals surface area contributed by atoms with Gasteiger partial charge in [0.1, 0.15) is 0 Å². The number of piperazine rings is 1. The van der Waals surface area contributed by atoms with E-state index in [0.717, 1.165) is 80.7 Å². The van der Waals surface area contributed by atoms with Gasteiger partial charge >= 0.3 is 0 Å². The van der Waals surface area contributed by atoms with Crippen molar-refractivity contribution in [1.82, 2.24) is 9.88 Å². The molecule has 2 fully saturated rings. The van der Waals surface area contributed by atoms with Crippen molar-refractivity contribution >= 4 is 28.2 Å². The molecule has 31 heavy (non-hydrogen) atoms. The fourth-order valence-corrected chi connectivity index (χ4v) is 4.95. The van der Waals surface area contributed by atoms with Crippen LogP contribution in [0.15, 0.2) is 60.8 Å². The molecule has 2 aliphatic rings. The van der Waals surface area contributed by atoms with E-state index in [2.05, 4.69) is 62.6 Å². The quantitative estimate of drug-likeness (QED) is 0.658. The van der Waals surface area contributed by atoms with Gasteiger partial charge in [-0.25, -0.2) is 0 Å². The summed E-state index contributed by atoms with van der Waals surface area (Å²) in [5.41, 5.74) is 4.31. The number of carbonyl (C=O) groups is 1. The number of hydrogen-bond acceptors (Lipinski definition) is 4. The molecular formula is C26H30N4O. The summed E-state index contributed by atoms with van der Waals surface area (Å²) >= 11 is 0. The van der Waals surface area contributed by atoms with Crippen molar-refractivity contribution in [1.29, 1.82) is 0 Å². The molecule has 1 aromatic heterocycles. The van der Waals surface area contributed by atoms with Crippen molar-refractivity contribution in [2.75, 3.05) is 36.4 Å². The second-order valence-corrected chi connectivity index (χ2v) is 8.76. The molecule has 0 radical (unpaired) electrons. The summed E-state index contributed by atoms with van der Waals surface area (Å²) in [6.45, 7) is 4.86. The van der Waals surface area contributed by atoms with E-state index in [1.165, 1.54) is 5.56 Å². The van der Waals surface area contributed by atoms with Gasteiger partial charge in [0, 0.05) is 44.0 Å². The molecule has 5 rings (SSSR count). The summed E-state index contributed by atoms with van der Waals surface area (Å²) < 4.78 is 0. The maximum Gasteiger partial charge on any atom is 0.227 e. The lowest BCUT2D eigenvalue weighted by Crippen LogP contribution is -2.46. The Morgan fingerprint density at radius 2 is 1.65 bits per heavy atom. The van der Waals surface area contributed by atoms with E-state index in [-0.39, 0.29) is 11.8 Å². The molecule has 160 valence electrons. The molecule has 1 aliphatic heterocycles. The van der Waals surface area contributed by atoms with E-state index in [1.807, 2.05) is 18.3 Å². The van der Waals surface area contributed by atoms with Crippen molar-refractivity contribution in [2.45, 2.75) is 32.2 Å². The van der Waals surface area contributed by atoms with Crippen LogP contribution < -0.4 is 10.2 Å². The van der Waals surface area contributed by atoms with Gasteiger partial charge in [-0.1, -0.05) is 61.4 Å². The average molecular weight is 415 g/mol. The number of nitrogens with zero attached hydrogens (tertiary/aromatic N) is 3. The fraction of sp³-hybridized carbons (Fsp3) is 0.385. The number of fused-ring (bicyclic) bond motifs is 1. The Morgan fingerprint density at radius 3 is 2.42 bits per heavy atom. The average Bonchev–Trinajstić information content (AvgIpc) is 3.36. The first-order valence-corrected chi connectivity index (χ1v) is 11.5. The Balaban J connectivity index is 1.37. The standard InChI is InChI=1S/C26H30N4O/c31-26(21-10-4-5-11-21)28-24-18-27-23-13-7-6-12-22(23)25(24)30-16-14-29(15-17-30)19-20-8-2-1-3-9-20/h1-3,6-9,12-13,18,21H,4-5,10-11,14-17,19H2,(H,28,31). The molecule has 1 saturated heterocycles. The highest BCUT2D eigenvalue weighted by molar-refractivity contribution is 6.04. The van der Waals surface area contributed by atoms with E-state index in [4.69, 9.17) is 0 Å². The molecule has 1 N–H and O–H groups in total. The number of nitrogens with one attached hydrogen (secondary N) is 1. The van der Waals surface area contributed by atoms with Crippen molar-refractivity contribution < 1.29 is 4.79 Å². The maximum atomic E-state index is 12.9. The summed E-state index contributed by atoms with van der Waals surface area (Å²) in [5.74, 6) is 0.292. The zero-order chi connectivity index (χ0) is 21.0. The third-order valence-corrected chi connectivity index (χ3v) is 6.67. The maximum absolute atomic E-state index is 12.9. The van der Waals surface area contributed by atoms with Gasteiger partial charge in [0.15, 0.2) is 0 Å². The second kappa shape index (κ2) is 9.06. The lowest BCUT2D eigenvalue weighted by atomic mass is 10.1. The van der Waals surface area contributed by atoms with Crippen LogP contribution in [-0.2, 0) is 11.3 Å². The highest BCUT2D eigenvalue weighted by Gasteiger charge is 2.26. The molecule has 3 aromatic rings. The number of hydrogen-bond donors (Lipinski definition) is 1. The van der Waals surface area contributed by atoms with E-state index in [9.17, 15) is 4.79 Å². The van der Waals surface area contributed by atoms with Gasteiger partial charge < -0.3 is 10.2 Å². The summed E-state index contributed by atoms with van der Waals surface area (Å²) in [4.78, 5) is 22.4. The van der Waals surface area contributed by atoms with Crippen molar-refractivity contribution in [3.8, 4) is 0 Å². The van der Waals surface area contributed by atoms with Gasteiger partial charge in [0.05, 0.1) is 23.1 Å². The van der Waals surface area contributed by atoms with Crippen molar-refractivity contribution in [3.05, 3.63) is 66.4 Å². The van der Waals surface area contributed by atoms with Gasteiger partial charge in [-0.2, -0.15) is 0 Å². The first-order valence-electron chi connectivity index (χ1n) is 11.5. The molecule has 0 atom stereocenters.